The maximum Gasteiger partial charge on any atom is 0.246 e. The fraction of sp³-hybridized carbons (Fsp3) is 0.417. The van der Waals surface area contributed by atoms with Gasteiger partial charge in [-0.2, -0.15) is 0 Å². The highest BCUT2D eigenvalue weighted by Gasteiger charge is 2.40. The van der Waals surface area contributed by atoms with Crippen molar-refractivity contribution in [3.63, 3.8) is 0 Å². The van der Waals surface area contributed by atoms with Crippen molar-refractivity contribution in [2.24, 2.45) is 0 Å². The first kappa shape index (κ1) is 12.2. The molecule has 18 heavy (non-hydrogen) atoms. The lowest BCUT2D eigenvalue weighted by Gasteiger charge is -2.26. The Labute approximate surface area is 115 Å². The molecule has 1 N–H and O–H groups in total. The molecule has 0 saturated carbocycles. The summed E-state index contributed by atoms with van der Waals surface area (Å²) >= 11 is 11.9. The average molecular weight is 286 g/mol. The van der Waals surface area contributed by atoms with Gasteiger partial charge in [-0.3, -0.25) is 14.6 Å². The largest absolute Gasteiger partial charge is 0.313 e. The molecule has 2 aliphatic heterocycles. The van der Waals surface area contributed by atoms with Gasteiger partial charge < -0.3 is 5.32 Å². The van der Waals surface area contributed by atoms with Crippen molar-refractivity contribution in [2.75, 3.05) is 31.2 Å². The minimum Gasteiger partial charge on any atom is -0.313 e. The summed E-state index contributed by atoms with van der Waals surface area (Å²) in [5.74, 6) is 0.126. The van der Waals surface area contributed by atoms with E-state index in [0.29, 0.717) is 16.7 Å². The van der Waals surface area contributed by atoms with Gasteiger partial charge in [0.05, 0.1) is 16.7 Å². The smallest absolute Gasteiger partial charge is 0.246 e. The number of amides is 1. The molecule has 1 unspecified atom stereocenters. The Hall–Kier alpha value is -0.810. The number of rotatable bonds is 1. The van der Waals surface area contributed by atoms with Crippen molar-refractivity contribution in [3.8, 4) is 0 Å². The van der Waals surface area contributed by atoms with Crippen LogP contribution in [0.1, 0.15) is 0 Å². The average Bonchev–Trinajstić information content (AvgIpc) is 2.71. The van der Waals surface area contributed by atoms with Crippen molar-refractivity contribution < 1.29 is 4.79 Å². The predicted molar refractivity (Wildman–Crippen MR) is 72.2 cm³/mol. The number of nitrogens with one attached hydrogen (secondary N) is 1. The molecule has 0 aliphatic carbocycles. The van der Waals surface area contributed by atoms with Gasteiger partial charge in [-0.15, -0.1) is 0 Å². The number of carbonyl (C=O) groups excluding carboxylic acids is 1. The number of hydrogen-bond acceptors (Lipinski definition) is 3. The summed E-state index contributed by atoms with van der Waals surface area (Å²) in [7, 11) is 0. The fourth-order valence-corrected chi connectivity index (χ4v) is 2.74. The molecule has 2 fully saturated rings. The van der Waals surface area contributed by atoms with E-state index in [1.807, 2.05) is 6.07 Å². The van der Waals surface area contributed by atoms with E-state index in [9.17, 15) is 4.79 Å². The minimum atomic E-state index is -0.0480. The van der Waals surface area contributed by atoms with Crippen molar-refractivity contribution in [3.05, 3.63) is 28.2 Å². The van der Waals surface area contributed by atoms with Crippen LogP contribution in [0, 0.1) is 0 Å². The van der Waals surface area contributed by atoms with Crippen LogP contribution >= 0.6 is 23.2 Å². The highest BCUT2D eigenvalue weighted by Crippen LogP contribution is 2.30. The van der Waals surface area contributed by atoms with Crippen LogP contribution in [0.25, 0.3) is 0 Å². The molecule has 1 atom stereocenters. The number of fused-ring (bicyclic) bond motifs is 1. The molecular formula is C12H13Cl2N3O. The van der Waals surface area contributed by atoms with E-state index in [1.54, 1.807) is 17.0 Å². The molecule has 1 aromatic carbocycles. The quantitative estimate of drug-likeness (QED) is 0.851. The van der Waals surface area contributed by atoms with Gasteiger partial charge in [-0.05, 0) is 18.2 Å². The third-order valence-corrected chi connectivity index (χ3v) is 4.18. The fourth-order valence-electron chi connectivity index (χ4n) is 2.45. The van der Waals surface area contributed by atoms with Crippen LogP contribution in [-0.4, -0.2) is 43.2 Å². The number of anilines is 1. The third-order valence-electron chi connectivity index (χ3n) is 3.44. The van der Waals surface area contributed by atoms with E-state index < -0.39 is 0 Å². The molecule has 2 saturated heterocycles. The van der Waals surface area contributed by atoms with Gasteiger partial charge in [0.1, 0.15) is 6.04 Å². The van der Waals surface area contributed by atoms with Crippen LogP contribution < -0.4 is 10.2 Å². The standard InChI is InChI=1S/C12H13Cl2N3O/c13-9-2-1-8(5-10(9)14)17-7-16-4-3-15-6-11(16)12(17)18/h1-2,5,11,15H,3-4,6-7H2. The van der Waals surface area contributed by atoms with Crippen molar-refractivity contribution in [1.82, 2.24) is 10.2 Å². The van der Waals surface area contributed by atoms with E-state index in [1.165, 1.54) is 0 Å². The van der Waals surface area contributed by atoms with Gasteiger partial charge in [0.25, 0.3) is 0 Å². The molecule has 1 amide bonds. The van der Waals surface area contributed by atoms with E-state index in [-0.39, 0.29) is 11.9 Å². The number of hydrogen-bond donors (Lipinski definition) is 1. The molecule has 0 aromatic heterocycles. The van der Waals surface area contributed by atoms with Crippen LogP contribution in [0.4, 0.5) is 5.69 Å². The van der Waals surface area contributed by atoms with E-state index >= 15 is 0 Å². The van der Waals surface area contributed by atoms with Gasteiger partial charge in [-0.25, -0.2) is 0 Å². The summed E-state index contributed by atoms with van der Waals surface area (Å²) in [4.78, 5) is 16.3. The SMILES string of the molecule is O=C1C2CNCCN2CN1c1ccc(Cl)c(Cl)c1. The zero-order valence-electron chi connectivity index (χ0n) is 9.70. The Morgan fingerprint density at radius 3 is 2.83 bits per heavy atom. The summed E-state index contributed by atoms with van der Waals surface area (Å²) in [5, 5.41) is 4.23. The molecule has 0 radical (unpaired) electrons. The maximum atomic E-state index is 12.3. The zero-order chi connectivity index (χ0) is 12.7. The summed E-state index contributed by atoms with van der Waals surface area (Å²) in [6.45, 7) is 3.17. The zero-order valence-corrected chi connectivity index (χ0v) is 11.2. The maximum absolute atomic E-state index is 12.3. The summed E-state index contributed by atoms with van der Waals surface area (Å²) in [6, 6.07) is 5.25. The first-order valence-electron chi connectivity index (χ1n) is 5.88. The highest BCUT2D eigenvalue weighted by atomic mass is 35.5. The number of carbonyl (C=O) groups is 1. The Bertz CT molecular complexity index is 494. The second kappa shape index (κ2) is 4.70. The Kier molecular flexibility index (Phi) is 3.20. The second-order valence-corrected chi connectivity index (χ2v) is 5.35. The van der Waals surface area contributed by atoms with Gasteiger partial charge >= 0.3 is 0 Å². The summed E-state index contributed by atoms with van der Waals surface area (Å²) in [6.07, 6.45) is 0. The van der Waals surface area contributed by atoms with Crippen molar-refractivity contribution >= 4 is 34.8 Å². The molecule has 96 valence electrons. The molecule has 1 aromatic rings. The Morgan fingerprint density at radius 2 is 2.11 bits per heavy atom. The van der Waals surface area contributed by atoms with Gasteiger partial charge in [0, 0.05) is 25.3 Å². The van der Waals surface area contributed by atoms with Crippen LogP contribution in [0.2, 0.25) is 10.0 Å². The van der Waals surface area contributed by atoms with Crippen LogP contribution in [-0.2, 0) is 4.79 Å². The van der Waals surface area contributed by atoms with Gasteiger partial charge in [-0.1, -0.05) is 23.2 Å². The third kappa shape index (κ3) is 1.99. The van der Waals surface area contributed by atoms with E-state index in [4.69, 9.17) is 23.2 Å². The van der Waals surface area contributed by atoms with E-state index in [0.717, 1.165) is 25.3 Å². The molecule has 2 aliphatic rings. The van der Waals surface area contributed by atoms with Crippen molar-refractivity contribution in [1.29, 1.82) is 0 Å². The lowest BCUT2D eigenvalue weighted by atomic mass is 10.2. The van der Waals surface area contributed by atoms with Gasteiger partial charge in [0.15, 0.2) is 0 Å². The molecule has 0 bridgehead atoms. The van der Waals surface area contributed by atoms with Crippen molar-refractivity contribution in [2.45, 2.75) is 6.04 Å². The first-order valence-corrected chi connectivity index (χ1v) is 6.63. The minimum absolute atomic E-state index is 0.0480. The molecule has 3 rings (SSSR count). The number of piperazine rings is 1. The topological polar surface area (TPSA) is 35.6 Å². The van der Waals surface area contributed by atoms with Crippen LogP contribution in [0.3, 0.4) is 0 Å². The number of benzene rings is 1. The molecular weight excluding hydrogens is 273 g/mol. The molecule has 4 nitrogen and oxygen atoms in total. The normalized spacial score (nSPS) is 24.4. The molecule has 2 heterocycles. The van der Waals surface area contributed by atoms with E-state index in [2.05, 4.69) is 10.2 Å². The Balaban J connectivity index is 1.88. The monoisotopic (exact) mass is 285 g/mol. The summed E-state index contributed by atoms with van der Waals surface area (Å²) in [5.41, 5.74) is 0.809. The lowest BCUT2D eigenvalue weighted by molar-refractivity contribution is -0.119. The van der Waals surface area contributed by atoms with Crippen LogP contribution in [0.15, 0.2) is 18.2 Å². The lowest BCUT2D eigenvalue weighted by Crippen LogP contribution is -2.50. The number of nitrogens with zero attached hydrogens (tertiary/aromatic N) is 2. The second-order valence-electron chi connectivity index (χ2n) is 4.54. The predicted octanol–water partition coefficient (Wildman–Crippen LogP) is 1.57. The summed E-state index contributed by atoms with van der Waals surface area (Å²) < 4.78 is 0. The first-order chi connectivity index (χ1) is 8.66. The molecule has 6 heteroatoms. The van der Waals surface area contributed by atoms with Crippen LogP contribution in [0.5, 0.6) is 0 Å². The number of halogens is 2. The van der Waals surface area contributed by atoms with Gasteiger partial charge in [0.2, 0.25) is 5.91 Å². The highest BCUT2D eigenvalue weighted by molar-refractivity contribution is 6.42. The molecule has 0 spiro atoms. The Morgan fingerprint density at radius 1 is 1.28 bits per heavy atom.